The highest BCUT2D eigenvalue weighted by atomic mass is 79.9. The van der Waals surface area contributed by atoms with Crippen LogP contribution in [0.2, 0.25) is 0 Å². The second kappa shape index (κ2) is 9.71. The topological polar surface area (TPSA) is 79.8 Å². The average molecular weight is 446 g/mol. The molecule has 1 aromatic carbocycles. The molecule has 0 saturated heterocycles. The summed E-state index contributed by atoms with van der Waals surface area (Å²) >= 11 is 3.65. The average Bonchev–Trinajstić information content (AvgIpc) is 3.36. The number of ether oxygens (including phenoxy) is 1. The Bertz CT molecular complexity index is 718. The number of benzene rings is 1. The zero-order valence-electron chi connectivity index (χ0n) is 15.4. The van der Waals surface area contributed by atoms with Crippen LogP contribution in [-0.4, -0.2) is 59.2 Å². The molecular weight excluding hydrogens is 418 g/mol. The molecule has 1 saturated carbocycles. The number of hydrogen-bond acceptors (Lipinski definition) is 4. The van der Waals surface area contributed by atoms with Crippen LogP contribution in [0.5, 0.6) is 0 Å². The van der Waals surface area contributed by atoms with Gasteiger partial charge in [-0.1, -0.05) is 34.1 Å². The fourth-order valence-electron chi connectivity index (χ4n) is 2.68. The van der Waals surface area contributed by atoms with E-state index in [1.165, 1.54) is 11.8 Å². The maximum absolute atomic E-state index is 11.1. The first kappa shape index (κ1) is 21.2. The van der Waals surface area contributed by atoms with Crippen molar-refractivity contribution in [1.29, 1.82) is 0 Å². The number of nitrogens with zero attached hydrogens (tertiary/aromatic N) is 1. The van der Waals surface area contributed by atoms with E-state index in [-0.39, 0.29) is 17.8 Å². The third kappa shape index (κ3) is 6.89. The Morgan fingerprint density at radius 2 is 2.00 bits per heavy atom. The Hall–Kier alpha value is -1.12. The zero-order chi connectivity index (χ0) is 19.0. The van der Waals surface area contributed by atoms with Crippen molar-refractivity contribution in [2.24, 2.45) is 4.99 Å². The van der Waals surface area contributed by atoms with Gasteiger partial charge in [0.05, 0.1) is 25.5 Å². The van der Waals surface area contributed by atoms with E-state index in [0.29, 0.717) is 13.2 Å². The van der Waals surface area contributed by atoms with E-state index < -0.39 is 9.84 Å². The SMILES string of the molecule is CCNC(=NCC1(c2ccccc2Br)CC1)NCCOCCS(C)(=O)=O. The van der Waals surface area contributed by atoms with Crippen molar-refractivity contribution in [3.63, 3.8) is 0 Å². The highest BCUT2D eigenvalue weighted by Gasteiger charge is 2.45. The molecule has 146 valence electrons. The molecule has 0 heterocycles. The van der Waals surface area contributed by atoms with Gasteiger partial charge in [0.25, 0.3) is 0 Å². The summed E-state index contributed by atoms with van der Waals surface area (Å²) in [6.07, 6.45) is 3.50. The molecule has 0 aliphatic heterocycles. The van der Waals surface area contributed by atoms with E-state index >= 15 is 0 Å². The summed E-state index contributed by atoms with van der Waals surface area (Å²) in [7, 11) is -2.97. The lowest BCUT2D eigenvalue weighted by atomic mass is 9.96. The van der Waals surface area contributed by atoms with E-state index in [2.05, 4.69) is 44.8 Å². The monoisotopic (exact) mass is 445 g/mol. The molecule has 6 nitrogen and oxygen atoms in total. The van der Waals surface area contributed by atoms with Crippen molar-refractivity contribution >= 4 is 31.7 Å². The molecule has 0 unspecified atom stereocenters. The van der Waals surface area contributed by atoms with Gasteiger partial charge in [0, 0.05) is 29.2 Å². The molecular formula is C18H28BrN3O3S. The Morgan fingerprint density at radius 1 is 1.27 bits per heavy atom. The van der Waals surface area contributed by atoms with Gasteiger partial charge in [-0.2, -0.15) is 0 Å². The van der Waals surface area contributed by atoms with Crippen LogP contribution in [0.3, 0.4) is 0 Å². The molecule has 8 heteroatoms. The molecule has 1 aliphatic rings. The van der Waals surface area contributed by atoms with Crippen LogP contribution in [0.25, 0.3) is 0 Å². The Balaban J connectivity index is 1.82. The number of sulfone groups is 1. The molecule has 1 aliphatic carbocycles. The lowest BCUT2D eigenvalue weighted by Gasteiger charge is -2.17. The van der Waals surface area contributed by atoms with Crippen LogP contribution >= 0.6 is 15.9 Å². The van der Waals surface area contributed by atoms with Gasteiger partial charge in [0.1, 0.15) is 9.84 Å². The predicted molar refractivity (Wildman–Crippen MR) is 110 cm³/mol. The van der Waals surface area contributed by atoms with Crippen molar-refractivity contribution in [1.82, 2.24) is 10.6 Å². The van der Waals surface area contributed by atoms with Crippen LogP contribution in [0.1, 0.15) is 25.3 Å². The first-order chi connectivity index (χ1) is 12.4. The Kier molecular flexibility index (Phi) is 7.91. The van der Waals surface area contributed by atoms with Gasteiger partial charge in [0.2, 0.25) is 0 Å². The van der Waals surface area contributed by atoms with E-state index in [9.17, 15) is 8.42 Å². The van der Waals surface area contributed by atoms with E-state index in [1.54, 1.807) is 0 Å². The lowest BCUT2D eigenvalue weighted by molar-refractivity contribution is 0.154. The first-order valence-electron chi connectivity index (χ1n) is 8.89. The van der Waals surface area contributed by atoms with E-state index in [0.717, 1.165) is 36.4 Å². The smallest absolute Gasteiger partial charge is 0.191 e. The van der Waals surface area contributed by atoms with Gasteiger partial charge >= 0.3 is 0 Å². The largest absolute Gasteiger partial charge is 0.379 e. The highest BCUT2D eigenvalue weighted by Crippen LogP contribution is 2.50. The van der Waals surface area contributed by atoms with Crippen molar-refractivity contribution in [3.8, 4) is 0 Å². The van der Waals surface area contributed by atoms with E-state index in [1.807, 2.05) is 13.0 Å². The molecule has 0 spiro atoms. The summed E-state index contributed by atoms with van der Waals surface area (Å²) in [5, 5.41) is 6.48. The molecule has 1 aromatic rings. The number of rotatable bonds is 10. The number of nitrogens with one attached hydrogen (secondary N) is 2. The Morgan fingerprint density at radius 3 is 2.62 bits per heavy atom. The zero-order valence-corrected chi connectivity index (χ0v) is 17.8. The third-order valence-electron chi connectivity index (χ3n) is 4.32. The number of hydrogen-bond donors (Lipinski definition) is 2. The minimum absolute atomic E-state index is 0.0512. The van der Waals surface area contributed by atoms with Crippen LogP contribution < -0.4 is 10.6 Å². The summed E-state index contributed by atoms with van der Waals surface area (Å²) in [5.41, 5.74) is 1.46. The molecule has 2 rings (SSSR count). The molecule has 1 fully saturated rings. The van der Waals surface area contributed by atoms with Gasteiger partial charge in [-0.15, -0.1) is 0 Å². The quantitative estimate of drug-likeness (QED) is 0.327. The first-order valence-corrected chi connectivity index (χ1v) is 11.7. The second-order valence-corrected chi connectivity index (χ2v) is 9.74. The van der Waals surface area contributed by atoms with Crippen molar-refractivity contribution in [3.05, 3.63) is 34.3 Å². The number of halogens is 1. The lowest BCUT2D eigenvalue weighted by Crippen LogP contribution is -2.39. The van der Waals surface area contributed by atoms with Crippen molar-refractivity contribution < 1.29 is 13.2 Å². The van der Waals surface area contributed by atoms with Crippen molar-refractivity contribution in [2.45, 2.75) is 25.2 Å². The van der Waals surface area contributed by atoms with Crippen LogP contribution in [0.15, 0.2) is 33.7 Å². The summed E-state index contributed by atoms with van der Waals surface area (Å²) in [6, 6.07) is 8.35. The fourth-order valence-corrected chi connectivity index (χ4v) is 3.81. The van der Waals surface area contributed by atoms with Gasteiger partial charge in [0.15, 0.2) is 5.96 Å². The number of guanidine groups is 1. The molecule has 2 N–H and O–H groups in total. The van der Waals surface area contributed by atoms with Gasteiger partial charge in [-0.3, -0.25) is 4.99 Å². The van der Waals surface area contributed by atoms with E-state index in [4.69, 9.17) is 9.73 Å². The predicted octanol–water partition coefficient (Wildman–Crippen LogP) is 2.10. The maximum Gasteiger partial charge on any atom is 0.191 e. The Labute approximate surface area is 164 Å². The standard InChI is InChI=1S/C18H28BrN3O3S/c1-3-20-17(21-10-11-25-12-13-26(2,23)24)22-14-18(8-9-18)15-6-4-5-7-16(15)19/h4-7H,3,8-14H2,1-2H3,(H2,20,21,22). The summed E-state index contributed by atoms with van der Waals surface area (Å²) < 4.78 is 28.6. The maximum atomic E-state index is 11.1. The number of aliphatic imine (C=N–C) groups is 1. The van der Waals surface area contributed by atoms with Gasteiger partial charge < -0.3 is 15.4 Å². The van der Waals surface area contributed by atoms with Crippen LogP contribution in [0, 0.1) is 0 Å². The third-order valence-corrected chi connectivity index (χ3v) is 5.92. The van der Waals surface area contributed by atoms with Crippen molar-refractivity contribution in [2.75, 3.05) is 44.9 Å². The molecule has 0 radical (unpaired) electrons. The minimum Gasteiger partial charge on any atom is -0.379 e. The van der Waals surface area contributed by atoms with Crippen LogP contribution in [-0.2, 0) is 20.0 Å². The normalized spacial score (nSPS) is 16.3. The fraction of sp³-hybridized carbons (Fsp3) is 0.611. The molecule has 0 aromatic heterocycles. The molecule has 0 atom stereocenters. The highest BCUT2D eigenvalue weighted by molar-refractivity contribution is 9.10. The summed E-state index contributed by atoms with van der Waals surface area (Å²) in [6.45, 7) is 4.79. The van der Waals surface area contributed by atoms with Gasteiger partial charge in [-0.25, -0.2) is 8.42 Å². The molecule has 0 amide bonds. The molecule has 26 heavy (non-hydrogen) atoms. The minimum atomic E-state index is -2.97. The second-order valence-electron chi connectivity index (χ2n) is 6.62. The van der Waals surface area contributed by atoms with Gasteiger partial charge in [-0.05, 0) is 31.4 Å². The molecule has 0 bridgehead atoms. The summed E-state index contributed by atoms with van der Waals surface area (Å²) in [5.74, 6) is 0.813. The summed E-state index contributed by atoms with van der Waals surface area (Å²) in [4.78, 5) is 4.74. The van der Waals surface area contributed by atoms with Crippen LogP contribution in [0.4, 0.5) is 0 Å².